The summed E-state index contributed by atoms with van der Waals surface area (Å²) in [6, 6.07) is 30.4. The first kappa shape index (κ1) is 43.7. The predicted molar refractivity (Wildman–Crippen MR) is 238 cm³/mol. The van der Waals surface area contributed by atoms with Gasteiger partial charge < -0.3 is 34.5 Å². The van der Waals surface area contributed by atoms with Crippen LogP contribution in [0.25, 0.3) is 22.3 Å². The van der Waals surface area contributed by atoms with E-state index in [1.165, 1.54) is 11.1 Å². The third-order valence-electron chi connectivity index (χ3n) is 11.5. The molecule has 8 rings (SSSR count). The lowest BCUT2D eigenvalue weighted by molar-refractivity contribution is 0.139. The number of rotatable bonds is 16. The van der Waals surface area contributed by atoms with Gasteiger partial charge in [-0.1, -0.05) is 60.7 Å². The number of benzene rings is 2. The van der Waals surface area contributed by atoms with Gasteiger partial charge in [0.2, 0.25) is 11.9 Å². The molecule has 0 bridgehead atoms. The Bertz CT molecular complexity index is 1960. The number of piperidine rings is 2. The molecule has 59 heavy (non-hydrogen) atoms. The van der Waals surface area contributed by atoms with Crippen LogP contribution in [0.15, 0.2) is 97.3 Å². The molecule has 0 amide bonds. The van der Waals surface area contributed by atoms with Crippen molar-refractivity contribution in [1.29, 1.82) is 0 Å². The van der Waals surface area contributed by atoms with E-state index in [1.54, 1.807) is 0 Å². The lowest BCUT2D eigenvalue weighted by atomic mass is 10.0. The second-order valence-electron chi connectivity index (χ2n) is 15.5. The highest BCUT2D eigenvalue weighted by molar-refractivity contribution is 5.75. The van der Waals surface area contributed by atoms with Crippen LogP contribution in [0, 0.1) is 0 Å². The predicted octanol–water partition coefficient (Wildman–Crippen LogP) is 6.31. The Kier molecular flexibility index (Phi) is 16.2. The number of fused-ring (bicyclic) bond motifs is 2. The van der Waals surface area contributed by atoms with Gasteiger partial charge in [0.1, 0.15) is 11.0 Å². The second kappa shape index (κ2) is 21.9. The summed E-state index contributed by atoms with van der Waals surface area (Å²) in [5.74, 6) is 2.02. The van der Waals surface area contributed by atoms with Gasteiger partial charge in [-0.05, 0) is 115 Å². The molecule has 0 unspecified atom stereocenters. The smallest absolute Gasteiger partial charge is 0.208 e. The maximum Gasteiger partial charge on any atom is 0.208 e. The lowest BCUT2D eigenvalue weighted by Crippen LogP contribution is -2.44. The van der Waals surface area contributed by atoms with E-state index in [1.807, 2.05) is 38.4 Å². The Morgan fingerprint density at radius 2 is 0.949 bits per heavy atom. The van der Waals surface area contributed by atoms with Crippen LogP contribution >= 0.6 is 0 Å². The Morgan fingerprint density at radius 3 is 1.32 bits per heavy atom. The molecule has 0 radical (unpaired) electrons. The number of likely N-dealkylation sites (tertiary alicyclic amines) is 2. The van der Waals surface area contributed by atoms with E-state index in [4.69, 9.17) is 19.4 Å². The fourth-order valence-electron chi connectivity index (χ4n) is 8.24. The number of hydrogen-bond acceptors (Lipinski definition) is 10. The van der Waals surface area contributed by atoms with Crippen LogP contribution in [0.4, 0.5) is 11.9 Å². The Balaban J connectivity index is 0.000000195. The van der Waals surface area contributed by atoms with Crippen molar-refractivity contribution in [2.24, 2.45) is 0 Å². The zero-order valence-electron chi connectivity index (χ0n) is 35.5. The molecule has 2 saturated heterocycles. The van der Waals surface area contributed by atoms with Gasteiger partial charge in [-0.25, -0.2) is 19.9 Å². The van der Waals surface area contributed by atoms with E-state index in [2.05, 4.69) is 126 Å². The van der Waals surface area contributed by atoms with E-state index in [9.17, 15) is 0 Å². The van der Waals surface area contributed by atoms with Gasteiger partial charge in [-0.15, -0.1) is 0 Å². The molecule has 6 aromatic rings. The topological polar surface area (TPSA) is 124 Å². The Hall–Kier alpha value is -4.92. The average Bonchev–Trinajstić information content (AvgIpc) is 3.82. The van der Waals surface area contributed by atoms with Crippen molar-refractivity contribution in [3.63, 3.8) is 0 Å². The Morgan fingerprint density at radius 1 is 0.559 bits per heavy atom. The number of hydrogen-bond donors (Lipinski definition) is 0. The van der Waals surface area contributed by atoms with Gasteiger partial charge >= 0.3 is 0 Å². The van der Waals surface area contributed by atoms with Crippen molar-refractivity contribution in [2.75, 3.05) is 76.5 Å². The second-order valence-corrected chi connectivity index (χ2v) is 15.5. The van der Waals surface area contributed by atoms with Crippen LogP contribution in [0.3, 0.4) is 0 Å². The Labute approximate surface area is 349 Å². The summed E-state index contributed by atoms with van der Waals surface area (Å²) in [5.41, 5.74) is 6.39. The SMILES string of the molecule is CCOCCn1c(N(Cc2ccccc2)C2CCN(C)CC2)nc2cccnc21.CCOCCn1c(N(Cc2ccccc2)C2CCN(C)CC2)nc2cccnc21.O. The fourth-order valence-corrected chi connectivity index (χ4v) is 8.24. The van der Waals surface area contributed by atoms with E-state index < -0.39 is 0 Å². The quantitative estimate of drug-likeness (QED) is 0.103. The molecule has 0 aliphatic carbocycles. The summed E-state index contributed by atoms with van der Waals surface area (Å²) >= 11 is 0. The highest BCUT2D eigenvalue weighted by Gasteiger charge is 2.29. The van der Waals surface area contributed by atoms with Gasteiger partial charge in [-0.2, -0.15) is 0 Å². The van der Waals surface area contributed by atoms with Crippen LogP contribution in [-0.4, -0.2) is 123 Å². The average molecular weight is 805 g/mol. The van der Waals surface area contributed by atoms with Gasteiger partial charge in [0, 0.05) is 50.8 Å². The van der Waals surface area contributed by atoms with E-state index in [0.29, 0.717) is 25.3 Å². The molecule has 0 spiro atoms. The largest absolute Gasteiger partial charge is 0.412 e. The van der Waals surface area contributed by atoms with E-state index in [0.717, 1.165) is 125 Å². The van der Waals surface area contributed by atoms with Gasteiger partial charge in [0.15, 0.2) is 11.3 Å². The summed E-state index contributed by atoms with van der Waals surface area (Å²) in [6.45, 7) is 14.5. The minimum absolute atomic E-state index is 0. The summed E-state index contributed by atoms with van der Waals surface area (Å²) in [7, 11) is 4.41. The lowest BCUT2D eigenvalue weighted by Gasteiger charge is -2.38. The molecule has 2 N–H and O–H groups in total. The van der Waals surface area contributed by atoms with Crippen molar-refractivity contribution >= 4 is 34.2 Å². The monoisotopic (exact) mass is 805 g/mol. The highest BCUT2D eigenvalue weighted by Crippen LogP contribution is 2.30. The number of aromatic nitrogens is 6. The zero-order chi connectivity index (χ0) is 40.1. The number of ether oxygens (including phenoxy) is 2. The van der Waals surface area contributed by atoms with Crippen molar-refractivity contribution in [3.05, 3.63) is 108 Å². The summed E-state index contributed by atoms with van der Waals surface area (Å²) < 4.78 is 15.8. The zero-order valence-corrected chi connectivity index (χ0v) is 35.5. The molecule has 316 valence electrons. The van der Waals surface area contributed by atoms with Crippen LogP contribution in [-0.2, 0) is 35.7 Å². The molecule has 2 aliphatic heterocycles. The minimum Gasteiger partial charge on any atom is -0.412 e. The molecule has 4 aromatic heterocycles. The molecule has 13 nitrogen and oxygen atoms in total. The fraction of sp³-hybridized carbons (Fsp3) is 0.478. The van der Waals surface area contributed by atoms with Crippen LogP contribution in [0.1, 0.15) is 50.7 Å². The first-order valence-corrected chi connectivity index (χ1v) is 21.3. The van der Waals surface area contributed by atoms with E-state index >= 15 is 0 Å². The molecular weight excluding hydrogens is 741 g/mol. The minimum atomic E-state index is 0. The first-order valence-electron chi connectivity index (χ1n) is 21.3. The van der Waals surface area contributed by atoms with Gasteiger partial charge in [0.05, 0.1) is 26.3 Å². The van der Waals surface area contributed by atoms with Crippen LogP contribution < -0.4 is 9.80 Å². The first-order chi connectivity index (χ1) is 28.5. The standard InChI is InChI=1S/2C23H31N5O.H2O/c2*1-3-29-17-16-27-22-21(10-7-13-24-22)25-23(27)28(18-19-8-5-4-6-9-19)20-11-14-26(2)15-12-20;/h2*4-10,13,20H,3,11-12,14-18H2,1-2H3;1H2. The van der Waals surface area contributed by atoms with Crippen molar-refractivity contribution in [3.8, 4) is 0 Å². The van der Waals surface area contributed by atoms with Crippen molar-refractivity contribution in [1.82, 2.24) is 38.9 Å². The summed E-state index contributed by atoms with van der Waals surface area (Å²) in [5, 5.41) is 0. The van der Waals surface area contributed by atoms with Crippen molar-refractivity contribution in [2.45, 2.75) is 77.8 Å². The maximum atomic E-state index is 5.67. The number of anilines is 2. The van der Waals surface area contributed by atoms with Gasteiger partial charge in [-0.3, -0.25) is 9.13 Å². The van der Waals surface area contributed by atoms with Crippen LogP contribution in [0.5, 0.6) is 0 Å². The summed E-state index contributed by atoms with van der Waals surface area (Å²) in [4.78, 5) is 29.2. The summed E-state index contributed by atoms with van der Waals surface area (Å²) in [6.07, 6.45) is 8.28. The third kappa shape index (κ3) is 11.2. The van der Waals surface area contributed by atoms with E-state index in [-0.39, 0.29) is 5.48 Å². The molecule has 6 heterocycles. The van der Waals surface area contributed by atoms with Crippen LogP contribution in [0.2, 0.25) is 0 Å². The molecule has 2 aliphatic rings. The molecule has 2 fully saturated rings. The molecule has 0 atom stereocenters. The molecular formula is C46H64N10O3. The number of imidazole rings is 2. The molecule has 13 heteroatoms. The van der Waals surface area contributed by atoms with Crippen molar-refractivity contribution < 1.29 is 14.9 Å². The molecule has 2 aromatic carbocycles. The normalized spacial score (nSPS) is 15.5. The third-order valence-corrected chi connectivity index (χ3v) is 11.5. The molecule has 0 saturated carbocycles. The number of nitrogens with zero attached hydrogens (tertiary/aromatic N) is 10. The highest BCUT2D eigenvalue weighted by atomic mass is 16.5. The van der Waals surface area contributed by atoms with Gasteiger partial charge in [0.25, 0.3) is 0 Å². The number of pyridine rings is 2. The maximum absolute atomic E-state index is 5.67.